The van der Waals surface area contributed by atoms with Gasteiger partial charge < -0.3 is 15.1 Å². The molecule has 1 aliphatic heterocycles. The summed E-state index contributed by atoms with van der Waals surface area (Å²) in [6.07, 6.45) is -1.39. The Labute approximate surface area is 153 Å². The standard InChI is InChI=1S/C18H17F3N4O2/c19-18(20,21)14-4-1-3-13(11-14)16(26)24-7-9-25(10-8-24)17(27)23-15-5-2-6-22-12-15/h1-6,11-12H,7-10H2,(H,23,27). The van der Waals surface area contributed by atoms with Crippen LogP contribution in [0.1, 0.15) is 15.9 Å². The van der Waals surface area contributed by atoms with Crippen LogP contribution in [0.2, 0.25) is 0 Å². The number of piperazine rings is 1. The van der Waals surface area contributed by atoms with Gasteiger partial charge in [0.05, 0.1) is 17.4 Å². The highest BCUT2D eigenvalue weighted by Crippen LogP contribution is 2.29. The molecule has 0 saturated carbocycles. The Kier molecular flexibility index (Phi) is 5.29. The first-order valence-electron chi connectivity index (χ1n) is 8.27. The summed E-state index contributed by atoms with van der Waals surface area (Å²) in [7, 11) is 0. The smallest absolute Gasteiger partial charge is 0.335 e. The topological polar surface area (TPSA) is 65.5 Å². The van der Waals surface area contributed by atoms with E-state index in [9.17, 15) is 22.8 Å². The molecule has 1 aromatic carbocycles. The van der Waals surface area contributed by atoms with Crippen LogP contribution in [-0.2, 0) is 6.18 Å². The lowest BCUT2D eigenvalue weighted by Gasteiger charge is -2.34. The molecule has 1 fully saturated rings. The van der Waals surface area contributed by atoms with E-state index in [1.54, 1.807) is 23.2 Å². The molecule has 9 heteroatoms. The third kappa shape index (κ3) is 4.55. The SMILES string of the molecule is O=C(Nc1cccnc1)N1CCN(C(=O)c2cccc(C(F)(F)F)c2)CC1. The molecule has 0 unspecified atom stereocenters. The van der Waals surface area contributed by atoms with Crippen molar-refractivity contribution in [2.24, 2.45) is 0 Å². The molecule has 0 radical (unpaired) electrons. The van der Waals surface area contributed by atoms with Gasteiger partial charge in [0.15, 0.2) is 0 Å². The molecular weight excluding hydrogens is 361 g/mol. The van der Waals surface area contributed by atoms with Crippen LogP contribution in [0.15, 0.2) is 48.8 Å². The Morgan fingerprint density at radius 1 is 1.00 bits per heavy atom. The lowest BCUT2D eigenvalue weighted by atomic mass is 10.1. The molecule has 27 heavy (non-hydrogen) atoms. The van der Waals surface area contributed by atoms with Crippen molar-refractivity contribution < 1.29 is 22.8 Å². The van der Waals surface area contributed by atoms with Crippen molar-refractivity contribution in [1.82, 2.24) is 14.8 Å². The Bertz CT molecular complexity index is 819. The van der Waals surface area contributed by atoms with Crippen LogP contribution in [0.25, 0.3) is 0 Å². The lowest BCUT2D eigenvalue weighted by Crippen LogP contribution is -2.51. The number of urea groups is 1. The number of alkyl halides is 3. The molecule has 0 atom stereocenters. The summed E-state index contributed by atoms with van der Waals surface area (Å²) in [6.45, 7) is 1.07. The van der Waals surface area contributed by atoms with E-state index in [1.807, 2.05) is 0 Å². The molecule has 0 bridgehead atoms. The lowest BCUT2D eigenvalue weighted by molar-refractivity contribution is -0.137. The molecular formula is C18H17F3N4O2. The Balaban J connectivity index is 1.59. The van der Waals surface area contributed by atoms with Crippen molar-refractivity contribution in [3.05, 3.63) is 59.9 Å². The fourth-order valence-corrected chi connectivity index (χ4v) is 2.76. The van der Waals surface area contributed by atoms with Crippen molar-refractivity contribution in [2.45, 2.75) is 6.18 Å². The van der Waals surface area contributed by atoms with Crippen molar-refractivity contribution >= 4 is 17.6 Å². The number of pyridine rings is 1. The highest BCUT2D eigenvalue weighted by atomic mass is 19.4. The van der Waals surface area contributed by atoms with E-state index < -0.39 is 17.6 Å². The van der Waals surface area contributed by atoms with Gasteiger partial charge >= 0.3 is 12.2 Å². The predicted molar refractivity (Wildman–Crippen MR) is 92.2 cm³/mol. The minimum Gasteiger partial charge on any atom is -0.335 e. The van der Waals surface area contributed by atoms with Gasteiger partial charge in [-0.05, 0) is 30.3 Å². The zero-order valence-electron chi connectivity index (χ0n) is 14.2. The summed E-state index contributed by atoms with van der Waals surface area (Å²) >= 11 is 0. The number of carbonyl (C=O) groups is 2. The van der Waals surface area contributed by atoms with Crippen molar-refractivity contribution in [3.8, 4) is 0 Å². The first kappa shape index (κ1) is 18.7. The maximum atomic E-state index is 12.8. The van der Waals surface area contributed by atoms with E-state index in [4.69, 9.17) is 0 Å². The molecule has 3 rings (SSSR count). The molecule has 1 N–H and O–H groups in total. The average molecular weight is 378 g/mol. The summed E-state index contributed by atoms with van der Waals surface area (Å²) in [5, 5.41) is 2.71. The summed E-state index contributed by atoms with van der Waals surface area (Å²) in [5.41, 5.74) is -0.314. The second kappa shape index (κ2) is 7.65. The van der Waals surface area contributed by atoms with Crippen LogP contribution in [0.3, 0.4) is 0 Å². The van der Waals surface area contributed by atoms with Gasteiger partial charge in [0.25, 0.3) is 5.91 Å². The summed E-state index contributed by atoms with van der Waals surface area (Å²) in [4.78, 5) is 31.6. The van der Waals surface area contributed by atoms with Gasteiger partial charge in [0, 0.05) is 37.9 Å². The number of aromatic nitrogens is 1. The maximum Gasteiger partial charge on any atom is 0.416 e. The van der Waals surface area contributed by atoms with E-state index >= 15 is 0 Å². The van der Waals surface area contributed by atoms with E-state index in [0.717, 1.165) is 12.1 Å². The summed E-state index contributed by atoms with van der Waals surface area (Å²) in [6, 6.07) is 7.45. The van der Waals surface area contributed by atoms with Gasteiger partial charge in [0.2, 0.25) is 0 Å². The highest BCUT2D eigenvalue weighted by molar-refractivity contribution is 5.95. The number of hydrogen-bond donors (Lipinski definition) is 1. The maximum absolute atomic E-state index is 12.8. The van der Waals surface area contributed by atoms with Crippen LogP contribution in [0, 0.1) is 0 Å². The second-order valence-corrected chi connectivity index (χ2v) is 6.03. The van der Waals surface area contributed by atoms with Crippen molar-refractivity contribution in [1.29, 1.82) is 0 Å². The summed E-state index contributed by atoms with van der Waals surface area (Å²) in [5.74, 6) is -0.478. The minimum absolute atomic E-state index is 0.0157. The number of amides is 3. The number of hydrogen-bond acceptors (Lipinski definition) is 3. The average Bonchev–Trinajstić information content (AvgIpc) is 2.68. The Morgan fingerprint density at radius 3 is 2.33 bits per heavy atom. The number of rotatable bonds is 2. The fraction of sp³-hybridized carbons (Fsp3) is 0.278. The largest absolute Gasteiger partial charge is 0.416 e. The van der Waals surface area contributed by atoms with Crippen LogP contribution >= 0.6 is 0 Å². The number of halogens is 3. The molecule has 0 aliphatic carbocycles. The van der Waals surface area contributed by atoms with Crippen molar-refractivity contribution in [2.75, 3.05) is 31.5 Å². The molecule has 3 amide bonds. The molecule has 142 valence electrons. The molecule has 1 aromatic heterocycles. The highest BCUT2D eigenvalue weighted by Gasteiger charge is 2.32. The monoisotopic (exact) mass is 378 g/mol. The number of anilines is 1. The van der Waals surface area contributed by atoms with Gasteiger partial charge in [-0.3, -0.25) is 9.78 Å². The number of benzene rings is 1. The minimum atomic E-state index is -4.50. The zero-order valence-corrected chi connectivity index (χ0v) is 14.2. The van der Waals surface area contributed by atoms with Crippen LogP contribution < -0.4 is 5.32 Å². The molecule has 2 heterocycles. The number of nitrogens with one attached hydrogen (secondary N) is 1. The first-order chi connectivity index (χ1) is 12.8. The molecule has 6 nitrogen and oxygen atoms in total. The molecule has 1 aliphatic rings. The van der Waals surface area contributed by atoms with Gasteiger partial charge in [-0.1, -0.05) is 6.07 Å². The van der Waals surface area contributed by atoms with Crippen molar-refractivity contribution in [3.63, 3.8) is 0 Å². The van der Waals surface area contributed by atoms with Gasteiger partial charge in [-0.15, -0.1) is 0 Å². The van der Waals surface area contributed by atoms with E-state index in [1.165, 1.54) is 23.2 Å². The van der Waals surface area contributed by atoms with E-state index in [0.29, 0.717) is 5.69 Å². The second-order valence-electron chi connectivity index (χ2n) is 6.03. The first-order valence-corrected chi connectivity index (χ1v) is 8.27. The van der Waals surface area contributed by atoms with Gasteiger partial charge in [0.1, 0.15) is 0 Å². The van der Waals surface area contributed by atoms with E-state index in [2.05, 4.69) is 10.3 Å². The van der Waals surface area contributed by atoms with Gasteiger partial charge in [-0.25, -0.2) is 4.79 Å². The van der Waals surface area contributed by atoms with Crippen LogP contribution in [0.4, 0.5) is 23.7 Å². The zero-order chi connectivity index (χ0) is 19.4. The third-order valence-corrected chi connectivity index (χ3v) is 4.20. The Morgan fingerprint density at radius 2 is 1.70 bits per heavy atom. The normalized spacial score (nSPS) is 14.8. The van der Waals surface area contributed by atoms with Crippen LogP contribution in [0.5, 0.6) is 0 Å². The molecule has 2 aromatic rings. The molecule has 1 saturated heterocycles. The quantitative estimate of drug-likeness (QED) is 0.873. The number of nitrogens with zero attached hydrogens (tertiary/aromatic N) is 3. The summed E-state index contributed by atoms with van der Waals surface area (Å²) < 4.78 is 38.4. The number of carbonyl (C=O) groups excluding carboxylic acids is 2. The predicted octanol–water partition coefficient (Wildman–Crippen LogP) is 3.09. The van der Waals surface area contributed by atoms with E-state index in [-0.39, 0.29) is 37.8 Å². The molecule has 0 spiro atoms. The fourth-order valence-electron chi connectivity index (χ4n) is 2.76. The Hall–Kier alpha value is -3.10. The van der Waals surface area contributed by atoms with Crippen LogP contribution in [-0.4, -0.2) is 52.9 Å². The third-order valence-electron chi connectivity index (χ3n) is 4.20. The van der Waals surface area contributed by atoms with Gasteiger partial charge in [-0.2, -0.15) is 13.2 Å².